The molecule has 2 N–H and O–H groups in total. The molecule has 0 aliphatic heterocycles. The van der Waals surface area contributed by atoms with Gasteiger partial charge >= 0.3 is 5.97 Å². The van der Waals surface area contributed by atoms with Crippen LogP contribution in [0.3, 0.4) is 0 Å². The van der Waals surface area contributed by atoms with Crippen LogP contribution in [0.25, 0.3) is 17.5 Å². The van der Waals surface area contributed by atoms with Gasteiger partial charge in [0.05, 0.1) is 20.8 Å². The Kier molecular flexibility index (Phi) is 6.97. The second-order valence-electron chi connectivity index (χ2n) is 5.95. The normalized spacial score (nSPS) is 11.2. The van der Waals surface area contributed by atoms with Crippen molar-refractivity contribution in [1.29, 1.82) is 0 Å². The Labute approximate surface area is 177 Å². The molecule has 3 rings (SSSR count). The number of H-pyrrole nitrogens is 1. The molecule has 1 heterocycles. The van der Waals surface area contributed by atoms with E-state index >= 15 is 0 Å². The van der Waals surface area contributed by atoms with Crippen LogP contribution in [0.4, 0.5) is 0 Å². The van der Waals surface area contributed by atoms with Gasteiger partial charge in [-0.1, -0.05) is 18.2 Å². The van der Waals surface area contributed by atoms with E-state index in [1.54, 1.807) is 50.6 Å². The molecule has 156 valence electrons. The van der Waals surface area contributed by atoms with Crippen molar-refractivity contribution in [2.75, 3.05) is 20.8 Å². The fourth-order valence-electron chi connectivity index (χ4n) is 2.63. The minimum absolute atomic E-state index is 0.0657. The summed E-state index contributed by atoms with van der Waals surface area (Å²) in [4.78, 5) is 16.3. The predicted octanol–water partition coefficient (Wildman–Crippen LogP) is 4.11. The summed E-state index contributed by atoms with van der Waals surface area (Å²) in [7, 11) is 3.12. The number of methoxy groups -OCH3 is 2. The molecule has 0 amide bonds. The zero-order valence-corrected chi connectivity index (χ0v) is 17.5. The number of carboxylic acids is 1. The molecule has 8 nitrogen and oxygen atoms in total. The van der Waals surface area contributed by atoms with Crippen LogP contribution < -0.4 is 14.2 Å². The molecule has 0 fully saturated rings. The summed E-state index contributed by atoms with van der Waals surface area (Å²) in [5, 5.41) is 16.9. The number of aliphatic carboxylic acids is 1. The maximum Gasteiger partial charge on any atom is 0.342 e. The van der Waals surface area contributed by atoms with Gasteiger partial charge in [0.2, 0.25) is 5.16 Å². The lowest BCUT2D eigenvalue weighted by atomic mass is 10.2. The van der Waals surface area contributed by atoms with Crippen LogP contribution in [-0.4, -0.2) is 47.1 Å². The highest BCUT2D eigenvalue weighted by atomic mass is 32.2. The van der Waals surface area contributed by atoms with Gasteiger partial charge in [0.15, 0.2) is 5.82 Å². The topological polar surface area (TPSA) is 107 Å². The molecule has 0 saturated carbocycles. The van der Waals surface area contributed by atoms with Crippen molar-refractivity contribution in [2.24, 2.45) is 0 Å². The average molecular weight is 427 g/mol. The van der Waals surface area contributed by atoms with E-state index in [1.165, 1.54) is 0 Å². The first-order valence-electron chi connectivity index (χ1n) is 9.04. The van der Waals surface area contributed by atoms with Crippen LogP contribution in [0, 0.1) is 0 Å². The molecule has 0 spiro atoms. The van der Waals surface area contributed by atoms with Crippen LogP contribution in [-0.2, 0) is 4.79 Å². The number of aromatic nitrogens is 3. The highest BCUT2D eigenvalue weighted by Crippen LogP contribution is 2.32. The first-order valence-corrected chi connectivity index (χ1v) is 9.86. The molecule has 9 heteroatoms. The Morgan fingerprint density at radius 1 is 1.17 bits per heavy atom. The summed E-state index contributed by atoms with van der Waals surface area (Å²) in [5.74, 6) is 1.20. The highest BCUT2D eigenvalue weighted by Gasteiger charge is 2.16. The van der Waals surface area contributed by atoms with Crippen LogP contribution in [0.5, 0.6) is 17.2 Å². The zero-order chi connectivity index (χ0) is 21.5. The molecule has 0 radical (unpaired) electrons. The molecule has 3 aromatic rings. The van der Waals surface area contributed by atoms with Crippen LogP contribution in [0.15, 0.2) is 52.5 Å². The summed E-state index contributed by atoms with van der Waals surface area (Å²) in [6.07, 6.45) is 1.54. The van der Waals surface area contributed by atoms with Crippen molar-refractivity contribution < 1.29 is 24.1 Å². The van der Waals surface area contributed by atoms with Gasteiger partial charge in [-0.25, -0.2) is 9.78 Å². The average Bonchev–Trinajstić information content (AvgIpc) is 3.23. The van der Waals surface area contributed by atoms with E-state index in [4.69, 9.17) is 14.2 Å². The third-order valence-corrected chi connectivity index (χ3v) is 4.88. The number of rotatable bonds is 9. The third-order valence-electron chi connectivity index (χ3n) is 4.01. The van der Waals surface area contributed by atoms with Gasteiger partial charge in [-0.05, 0) is 43.0 Å². The highest BCUT2D eigenvalue weighted by molar-refractivity contribution is 8.04. The number of carboxylic acid groups (broad SMARTS) is 1. The van der Waals surface area contributed by atoms with Crippen molar-refractivity contribution in [3.8, 4) is 28.6 Å². The lowest BCUT2D eigenvalue weighted by Crippen LogP contribution is -1.99. The molecular weight excluding hydrogens is 406 g/mol. The summed E-state index contributed by atoms with van der Waals surface area (Å²) >= 11 is 0.944. The van der Waals surface area contributed by atoms with E-state index in [0.717, 1.165) is 11.8 Å². The largest absolute Gasteiger partial charge is 0.497 e. The quantitative estimate of drug-likeness (QED) is 0.388. The fraction of sp³-hybridized carbons (Fsp3) is 0.190. The number of ether oxygens (including phenoxy) is 3. The zero-order valence-electron chi connectivity index (χ0n) is 16.7. The SMILES string of the molecule is CCOc1ccccc1/C=C(\Sc1n[nH]c(-c2cc(OC)cc(OC)c2)n1)C(=O)O. The number of benzene rings is 2. The number of hydrogen-bond donors (Lipinski definition) is 2. The first kappa shape index (κ1) is 21.3. The van der Waals surface area contributed by atoms with E-state index in [1.807, 2.05) is 19.1 Å². The number of hydrogen-bond acceptors (Lipinski definition) is 7. The second-order valence-corrected chi connectivity index (χ2v) is 6.96. The summed E-state index contributed by atoms with van der Waals surface area (Å²) in [5.41, 5.74) is 1.37. The third kappa shape index (κ3) is 5.12. The molecule has 0 atom stereocenters. The molecule has 0 unspecified atom stereocenters. The monoisotopic (exact) mass is 427 g/mol. The maximum atomic E-state index is 11.8. The van der Waals surface area contributed by atoms with Crippen LogP contribution in [0.2, 0.25) is 0 Å². The second kappa shape index (κ2) is 9.84. The van der Waals surface area contributed by atoms with E-state index in [-0.39, 0.29) is 10.1 Å². The number of nitrogens with zero attached hydrogens (tertiary/aromatic N) is 2. The summed E-state index contributed by atoms with van der Waals surface area (Å²) < 4.78 is 16.1. The van der Waals surface area contributed by atoms with Crippen molar-refractivity contribution in [1.82, 2.24) is 15.2 Å². The van der Waals surface area contributed by atoms with Crippen molar-refractivity contribution in [3.63, 3.8) is 0 Å². The standard InChI is InChI=1S/C21H21N3O5S/c1-4-29-17-8-6-5-7-13(17)11-18(20(25)26)30-21-22-19(23-24-21)14-9-15(27-2)12-16(10-14)28-3/h5-12H,4H2,1-3H3,(H,25,26)(H,22,23,24)/b18-11-. The van der Waals surface area contributed by atoms with Gasteiger partial charge in [-0.15, -0.1) is 5.10 Å². The lowest BCUT2D eigenvalue weighted by molar-refractivity contribution is -0.131. The summed E-state index contributed by atoms with van der Waals surface area (Å²) in [6, 6.07) is 12.5. The minimum Gasteiger partial charge on any atom is -0.497 e. The van der Waals surface area contributed by atoms with Crippen molar-refractivity contribution in [3.05, 3.63) is 52.9 Å². The fourth-order valence-corrected chi connectivity index (χ4v) is 3.32. The van der Waals surface area contributed by atoms with Crippen molar-refractivity contribution >= 4 is 23.8 Å². The van der Waals surface area contributed by atoms with E-state index < -0.39 is 5.97 Å². The molecule has 1 aromatic heterocycles. The number of para-hydroxylation sites is 1. The smallest absolute Gasteiger partial charge is 0.342 e. The lowest BCUT2D eigenvalue weighted by Gasteiger charge is -2.07. The Hall–Kier alpha value is -3.46. The molecule has 0 aliphatic carbocycles. The molecule has 30 heavy (non-hydrogen) atoms. The molecule has 0 aliphatic rings. The predicted molar refractivity (Wildman–Crippen MR) is 114 cm³/mol. The van der Waals surface area contributed by atoms with E-state index in [0.29, 0.717) is 40.8 Å². The van der Waals surface area contributed by atoms with E-state index in [9.17, 15) is 9.90 Å². The number of carbonyl (C=O) groups is 1. The van der Waals surface area contributed by atoms with Crippen molar-refractivity contribution in [2.45, 2.75) is 12.1 Å². The van der Waals surface area contributed by atoms with Gasteiger partial charge in [0.25, 0.3) is 0 Å². The Morgan fingerprint density at radius 3 is 2.50 bits per heavy atom. The Morgan fingerprint density at radius 2 is 1.87 bits per heavy atom. The molecular formula is C21H21N3O5S. The maximum absolute atomic E-state index is 11.8. The minimum atomic E-state index is -1.08. The van der Waals surface area contributed by atoms with Gasteiger partial charge in [0, 0.05) is 17.2 Å². The van der Waals surface area contributed by atoms with Crippen LogP contribution >= 0.6 is 11.8 Å². The van der Waals surface area contributed by atoms with Gasteiger partial charge in [-0.2, -0.15) is 0 Å². The summed E-state index contributed by atoms with van der Waals surface area (Å²) in [6.45, 7) is 2.35. The van der Waals surface area contributed by atoms with Gasteiger partial charge in [0.1, 0.15) is 22.2 Å². The molecule has 0 saturated heterocycles. The number of nitrogens with one attached hydrogen (secondary N) is 1. The Bertz CT molecular complexity index is 1040. The van der Waals surface area contributed by atoms with Gasteiger partial charge < -0.3 is 19.3 Å². The van der Waals surface area contributed by atoms with E-state index in [2.05, 4.69) is 15.2 Å². The van der Waals surface area contributed by atoms with Crippen LogP contribution in [0.1, 0.15) is 12.5 Å². The number of aromatic amines is 1. The number of thioether (sulfide) groups is 1. The first-order chi connectivity index (χ1) is 14.5. The van der Waals surface area contributed by atoms with Gasteiger partial charge in [-0.3, -0.25) is 5.10 Å². The Balaban J connectivity index is 1.89. The molecule has 0 bridgehead atoms. The molecule has 2 aromatic carbocycles.